The van der Waals surface area contributed by atoms with Gasteiger partial charge in [0.25, 0.3) is 0 Å². The van der Waals surface area contributed by atoms with Crippen molar-refractivity contribution in [1.82, 2.24) is 0 Å². The third-order valence-corrected chi connectivity index (χ3v) is 10.8. The summed E-state index contributed by atoms with van der Waals surface area (Å²) in [4.78, 5) is 0. The Morgan fingerprint density at radius 2 is 0.863 bits per heavy atom. The summed E-state index contributed by atoms with van der Waals surface area (Å²) in [6.07, 6.45) is 2.40. The molecule has 0 heteroatoms. The number of fused-ring (bicyclic) bond motifs is 3. The smallest absolute Gasteiger partial charge is 0.00574 e. The first-order chi connectivity index (χ1) is 25.2. The Hall–Kier alpha value is -5.98. The fourth-order valence-electron chi connectivity index (χ4n) is 8.31. The minimum Gasteiger partial charge on any atom is -0.0622 e. The molecule has 0 heterocycles. The van der Waals surface area contributed by atoms with E-state index in [1.165, 1.54) is 106 Å². The van der Waals surface area contributed by atoms with E-state index in [1.54, 1.807) is 0 Å². The molecule has 0 N–H and O–H groups in total. The molecule has 8 aromatic carbocycles. The highest BCUT2D eigenvalue weighted by Crippen LogP contribution is 2.53. The molecule has 9 rings (SSSR count). The van der Waals surface area contributed by atoms with Crippen molar-refractivity contribution >= 4 is 54.6 Å². The van der Waals surface area contributed by atoms with Gasteiger partial charge in [-0.05, 0) is 138 Å². The molecule has 51 heavy (non-hydrogen) atoms. The van der Waals surface area contributed by atoms with Crippen LogP contribution in [0.5, 0.6) is 0 Å². The van der Waals surface area contributed by atoms with Gasteiger partial charge in [0.1, 0.15) is 0 Å². The predicted molar refractivity (Wildman–Crippen MR) is 220 cm³/mol. The van der Waals surface area contributed by atoms with Gasteiger partial charge in [0.2, 0.25) is 0 Å². The molecule has 1 fully saturated rings. The van der Waals surface area contributed by atoms with Crippen LogP contribution in [0.4, 0.5) is 0 Å². The number of aryl methyl sites for hydroxylation is 1. The lowest BCUT2D eigenvalue weighted by atomic mass is 9.78. The van der Waals surface area contributed by atoms with Crippen LogP contribution in [-0.4, -0.2) is 0 Å². The molecule has 0 unspecified atom stereocenters. The van der Waals surface area contributed by atoms with E-state index in [2.05, 4.69) is 190 Å². The Labute approximate surface area is 301 Å². The third-order valence-electron chi connectivity index (χ3n) is 10.8. The zero-order valence-corrected chi connectivity index (χ0v) is 29.2. The highest BCUT2D eigenvalue weighted by atomic mass is 14.4. The molecular formula is C51H40. The van der Waals surface area contributed by atoms with E-state index >= 15 is 0 Å². The van der Waals surface area contributed by atoms with Crippen molar-refractivity contribution < 1.29 is 0 Å². The van der Waals surface area contributed by atoms with E-state index in [1.807, 2.05) is 0 Å². The summed E-state index contributed by atoms with van der Waals surface area (Å²) in [5, 5.41) is 7.78. The third kappa shape index (κ3) is 5.58. The van der Waals surface area contributed by atoms with Gasteiger partial charge in [-0.25, -0.2) is 0 Å². The van der Waals surface area contributed by atoms with E-state index < -0.39 is 0 Å². The summed E-state index contributed by atoms with van der Waals surface area (Å²) >= 11 is 0. The molecule has 244 valence electrons. The molecule has 1 saturated carbocycles. The van der Waals surface area contributed by atoms with Crippen LogP contribution in [0.15, 0.2) is 176 Å². The summed E-state index contributed by atoms with van der Waals surface area (Å²) in [7, 11) is 0. The first-order valence-electron chi connectivity index (χ1n) is 18.2. The van der Waals surface area contributed by atoms with Crippen LogP contribution in [0.3, 0.4) is 0 Å². The molecule has 0 aromatic heterocycles. The fraction of sp³-hybridized carbons (Fsp3) is 0.0980. The minimum absolute atomic E-state index is 0.490. The first kappa shape index (κ1) is 31.0. The molecule has 1 aliphatic rings. The quantitative estimate of drug-likeness (QED) is 0.119. The van der Waals surface area contributed by atoms with Crippen molar-refractivity contribution in [2.24, 2.45) is 5.92 Å². The fourth-order valence-corrected chi connectivity index (χ4v) is 8.31. The van der Waals surface area contributed by atoms with Gasteiger partial charge in [-0.1, -0.05) is 164 Å². The number of hydrogen-bond acceptors (Lipinski definition) is 0. The van der Waals surface area contributed by atoms with Crippen molar-refractivity contribution in [3.63, 3.8) is 0 Å². The predicted octanol–water partition coefficient (Wildman–Crippen LogP) is 13.8. The normalized spacial score (nSPS) is 13.4. The van der Waals surface area contributed by atoms with Crippen LogP contribution in [-0.2, 0) is 0 Å². The molecular weight excluding hydrogens is 613 g/mol. The van der Waals surface area contributed by atoms with Crippen LogP contribution in [0.1, 0.15) is 58.7 Å². The number of allylic oxidation sites excluding steroid dienone is 2. The Morgan fingerprint density at radius 3 is 1.39 bits per heavy atom. The van der Waals surface area contributed by atoms with Gasteiger partial charge >= 0.3 is 0 Å². The zero-order chi connectivity index (χ0) is 34.3. The monoisotopic (exact) mass is 652 g/mol. The van der Waals surface area contributed by atoms with Gasteiger partial charge < -0.3 is 0 Å². The van der Waals surface area contributed by atoms with Gasteiger partial charge in [0.15, 0.2) is 0 Å². The summed E-state index contributed by atoms with van der Waals surface area (Å²) in [6, 6.07) is 64.9. The van der Waals surface area contributed by atoms with Gasteiger partial charge in [0.05, 0.1) is 0 Å². The van der Waals surface area contributed by atoms with Crippen LogP contribution in [0.25, 0.3) is 54.6 Å². The maximum Gasteiger partial charge on any atom is -0.00574 e. The van der Waals surface area contributed by atoms with E-state index in [0.29, 0.717) is 5.92 Å². The van der Waals surface area contributed by atoms with Crippen LogP contribution in [0.2, 0.25) is 0 Å². The topological polar surface area (TPSA) is 0 Å². The average molecular weight is 653 g/mol. The molecule has 0 nitrogen and oxygen atoms in total. The molecule has 0 radical (unpaired) electrons. The van der Waals surface area contributed by atoms with Crippen molar-refractivity contribution in [3.05, 3.63) is 215 Å². The second kappa shape index (κ2) is 13.0. The van der Waals surface area contributed by atoms with Gasteiger partial charge in [0, 0.05) is 0 Å². The van der Waals surface area contributed by atoms with E-state index in [-0.39, 0.29) is 0 Å². The van der Waals surface area contributed by atoms with Crippen LogP contribution >= 0.6 is 0 Å². The summed E-state index contributed by atoms with van der Waals surface area (Å²) in [5.41, 5.74) is 14.5. The molecule has 8 aromatic rings. The maximum atomic E-state index is 2.48. The van der Waals surface area contributed by atoms with Gasteiger partial charge in [-0.2, -0.15) is 0 Å². The van der Waals surface area contributed by atoms with Crippen molar-refractivity contribution in [1.29, 1.82) is 0 Å². The van der Waals surface area contributed by atoms with E-state index in [9.17, 15) is 0 Å². The summed E-state index contributed by atoms with van der Waals surface area (Å²) in [5.74, 6) is 0.490. The van der Waals surface area contributed by atoms with E-state index in [4.69, 9.17) is 0 Å². The van der Waals surface area contributed by atoms with Gasteiger partial charge in [-0.15, -0.1) is 0 Å². The van der Waals surface area contributed by atoms with Crippen molar-refractivity contribution in [2.75, 3.05) is 0 Å². The highest BCUT2D eigenvalue weighted by Gasteiger charge is 2.34. The lowest BCUT2D eigenvalue weighted by Gasteiger charge is -2.25. The molecule has 0 saturated heterocycles. The maximum absolute atomic E-state index is 2.48. The van der Waals surface area contributed by atoms with Gasteiger partial charge in [-0.3, -0.25) is 0 Å². The average Bonchev–Trinajstić information content (AvgIpc) is 4.03. The van der Waals surface area contributed by atoms with Crippen molar-refractivity contribution in [3.8, 4) is 0 Å². The zero-order valence-electron chi connectivity index (χ0n) is 29.2. The Bertz CT molecular complexity index is 2580. The highest BCUT2D eigenvalue weighted by molar-refractivity contribution is 6.23. The Morgan fingerprint density at radius 1 is 0.431 bits per heavy atom. The largest absolute Gasteiger partial charge is 0.0622 e. The number of hydrogen-bond donors (Lipinski definition) is 0. The molecule has 0 amide bonds. The van der Waals surface area contributed by atoms with Crippen LogP contribution in [0, 0.1) is 12.8 Å². The van der Waals surface area contributed by atoms with Crippen molar-refractivity contribution in [2.45, 2.75) is 26.7 Å². The lowest BCUT2D eigenvalue weighted by molar-refractivity contribution is 1.15. The standard InChI is InChI=1S/C51H40/c1-34-18-12-15-27-42(34)49(38-23-10-5-11-24-38)50(39-30-31-39)51-44-29-17-16-28-43(44)48(45-32-40-25-13-14-26-41(40)33-46(45)51)35(2)47(36-19-6-3-7-20-36)37-21-8-4-9-22-37/h3-29,32-33,39H,30-31H2,1-2H3/b50-49+. The second-order valence-electron chi connectivity index (χ2n) is 14.0. The van der Waals surface area contributed by atoms with E-state index in [0.717, 1.165) is 0 Å². The Kier molecular flexibility index (Phi) is 7.94. The molecule has 0 bridgehead atoms. The summed E-state index contributed by atoms with van der Waals surface area (Å²) in [6.45, 7) is 4.60. The molecule has 0 atom stereocenters. The van der Waals surface area contributed by atoms with Crippen LogP contribution < -0.4 is 0 Å². The second-order valence-corrected chi connectivity index (χ2v) is 14.0. The SMILES string of the molecule is CC(=C(c1ccccc1)c1ccccc1)c1c2ccccc2c(/C(=C(\c2ccccc2)c2ccccc2C)C2CC2)c2cc3ccccc3cc12. The Balaban J connectivity index is 1.49. The summed E-state index contributed by atoms with van der Waals surface area (Å²) < 4.78 is 0. The molecule has 1 aliphatic carbocycles. The number of rotatable bonds is 7. The minimum atomic E-state index is 0.490. The first-order valence-corrected chi connectivity index (χ1v) is 18.2. The molecule has 0 aliphatic heterocycles. The lowest BCUT2D eigenvalue weighted by Crippen LogP contribution is -2.03. The molecule has 0 spiro atoms. The number of benzene rings is 8.